The summed E-state index contributed by atoms with van der Waals surface area (Å²) in [6, 6.07) is 4.16. The molecule has 0 spiro atoms. The third-order valence-electron chi connectivity index (χ3n) is 2.55. The SMILES string of the molecule is Oc1cc(O)cc(/C=N/c2nc(=S)c3[nH]cnc3[nH]2)c1. The lowest BCUT2D eigenvalue weighted by Crippen LogP contribution is -1.87. The van der Waals surface area contributed by atoms with Gasteiger partial charge in [-0.2, -0.15) is 4.98 Å². The molecule has 0 fully saturated rings. The van der Waals surface area contributed by atoms with Crippen LogP contribution in [0, 0.1) is 4.64 Å². The van der Waals surface area contributed by atoms with E-state index >= 15 is 0 Å². The van der Waals surface area contributed by atoms with Crippen molar-refractivity contribution < 1.29 is 10.2 Å². The Kier molecular flexibility index (Phi) is 2.92. The molecular weight excluding hydrogens is 278 g/mol. The molecule has 20 heavy (non-hydrogen) atoms. The normalized spacial score (nSPS) is 11.4. The van der Waals surface area contributed by atoms with Gasteiger partial charge in [0.2, 0.25) is 5.95 Å². The number of H-pyrrole nitrogens is 2. The van der Waals surface area contributed by atoms with Gasteiger partial charge in [-0.15, -0.1) is 0 Å². The highest BCUT2D eigenvalue weighted by Crippen LogP contribution is 2.19. The zero-order valence-corrected chi connectivity index (χ0v) is 10.8. The van der Waals surface area contributed by atoms with Crippen LogP contribution in [0.3, 0.4) is 0 Å². The van der Waals surface area contributed by atoms with E-state index in [1.54, 1.807) is 0 Å². The number of benzene rings is 1. The fourth-order valence-electron chi connectivity index (χ4n) is 1.73. The molecule has 0 bridgehead atoms. The van der Waals surface area contributed by atoms with Crippen LogP contribution in [0.2, 0.25) is 0 Å². The summed E-state index contributed by atoms with van der Waals surface area (Å²) in [6.45, 7) is 0. The number of nitrogens with zero attached hydrogens (tertiary/aromatic N) is 3. The van der Waals surface area contributed by atoms with Gasteiger partial charge >= 0.3 is 0 Å². The Morgan fingerprint density at radius 1 is 1.20 bits per heavy atom. The molecule has 0 aliphatic rings. The molecule has 0 saturated carbocycles. The summed E-state index contributed by atoms with van der Waals surface area (Å²) in [4.78, 5) is 18.0. The predicted octanol–water partition coefficient (Wildman–Crippen LogP) is 2.18. The average Bonchev–Trinajstić information content (AvgIpc) is 2.84. The number of aliphatic imine (C=N–C) groups is 1. The minimum absolute atomic E-state index is 0.0462. The number of aromatic nitrogens is 4. The first kappa shape index (κ1) is 12.3. The molecule has 3 rings (SSSR count). The van der Waals surface area contributed by atoms with Gasteiger partial charge in [-0.05, 0) is 12.1 Å². The Hall–Kier alpha value is -2.74. The fraction of sp³-hybridized carbons (Fsp3) is 0. The number of nitrogens with one attached hydrogen (secondary N) is 2. The molecule has 0 saturated heterocycles. The van der Waals surface area contributed by atoms with Crippen LogP contribution < -0.4 is 0 Å². The molecule has 100 valence electrons. The standard InChI is InChI=1S/C12H9N5O2S/c18-7-1-6(2-8(19)3-7)4-13-12-16-10-9(11(20)17-12)14-5-15-10/h1-5,18-19H,(H2,14,15,16,17,20)/b13-4+. The van der Waals surface area contributed by atoms with E-state index in [4.69, 9.17) is 12.2 Å². The lowest BCUT2D eigenvalue weighted by molar-refractivity contribution is 0.450. The zero-order valence-electron chi connectivity index (χ0n) is 10.0. The van der Waals surface area contributed by atoms with Crippen molar-refractivity contribution >= 4 is 35.5 Å². The molecule has 2 heterocycles. The first-order chi connectivity index (χ1) is 9.61. The van der Waals surface area contributed by atoms with Gasteiger partial charge in [0.1, 0.15) is 17.0 Å². The molecule has 8 heteroatoms. The second-order valence-electron chi connectivity index (χ2n) is 4.03. The molecule has 3 aromatic rings. The number of phenolic OH excluding ortho intramolecular Hbond substituents is 2. The Morgan fingerprint density at radius 2 is 1.95 bits per heavy atom. The van der Waals surface area contributed by atoms with Gasteiger partial charge in [-0.1, -0.05) is 12.2 Å². The summed E-state index contributed by atoms with van der Waals surface area (Å²) >= 11 is 5.11. The average molecular weight is 287 g/mol. The summed E-state index contributed by atoms with van der Waals surface area (Å²) < 4.78 is 0.363. The molecule has 0 unspecified atom stereocenters. The molecule has 4 N–H and O–H groups in total. The maximum atomic E-state index is 9.37. The van der Waals surface area contributed by atoms with E-state index < -0.39 is 0 Å². The topological polar surface area (TPSA) is 110 Å². The summed E-state index contributed by atoms with van der Waals surface area (Å²) in [5.41, 5.74) is 1.75. The number of imidazole rings is 1. The zero-order chi connectivity index (χ0) is 14.1. The number of fused-ring (bicyclic) bond motifs is 1. The lowest BCUT2D eigenvalue weighted by Gasteiger charge is -1.98. The van der Waals surface area contributed by atoms with Crippen molar-refractivity contribution in [1.82, 2.24) is 19.9 Å². The van der Waals surface area contributed by atoms with Crippen molar-refractivity contribution in [2.45, 2.75) is 0 Å². The number of rotatable bonds is 2. The maximum absolute atomic E-state index is 9.37. The fourth-order valence-corrected chi connectivity index (χ4v) is 1.97. The molecule has 0 aliphatic carbocycles. The number of phenols is 2. The van der Waals surface area contributed by atoms with Gasteiger partial charge in [0.25, 0.3) is 0 Å². The Bertz CT molecular complexity index is 847. The molecule has 7 nitrogen and oxygen atoms in total. The van der Waals surface area contributed by atoms with Crippen molar-refractivity contribution in [2.75, 3.05) is 0 Å². The number of hydrogen-bond acceptors (Lipinski definition) is 6. The van der Waals surface area contributed by atoms with E-state index in [0.29, 0.717) is 21.4 Å². The quantitative estimate of drug-likeness (QED) is 0.426. The Morgan fingerprint density at radius 3 is 2.70 bits per heavy atom. The van der Waals surface area contributed by atoms with Crippen LogP contribution in [0.25, 0.3) is 11.2 Å². The van der Waals surface area contributed by atoms with Crippen LogP contribution in [0.4, 0.5) is 5.95 Å². The highest BCUT2D eigenvalue weighted by molar-refractivity contribution is 7.71. The first-order valence-electron chi connectivity index (χ1n) is 5.62. The van der Waals surface area contributed by atoms with Gasteiger partial charge in [-0.25, -0.2) is 9.98 Å². The van der Waals surface area contributed by atoms with E-state index in [9.17, 15) is 10.2 Å². The van der Waals surface area contributed by atoms with Crippen molar-refractivity contribution in [3.8, 4) is 11.5 Å². The second-order valence-corrected chi connectivity index (χ2v) is 4.42. The molecular formula is C12H9N5O2S. The number of aromatic amines is 2. The second kappa shape index (κ2) is 4.74. The van der Waals surface area contributed by atoms with Crippen molar-refractivity contribution in [3.05, 3.63) is 34.7 Å². The van der Waals surface area contributed by atoms with E-state index in [0.717, 1.165) is 0 Å². The molecule has 0 radical (unpaired) electrons. The lowest BCUT2D eigenvalue weighted by atomic mass is 10.2. The predicted molar refractivity (Wildman–Crippen MR) is 76.1 cm³/mol. The summed E-state index contributed by atoms with van der Waals surface area (Å²) in [7, 11) is 0. The maximum Gasteiger partial charge on any atom is 0.229 e. The first-order valence-corrected chi connectivity index (χ1v) is 6.03. The molecule has 2 aromatic heterocycles. The molecule has 0 amide bonds. The van der Waals surface area contributed by atoms with Crippen molar-refractivity contribution in [3.63, 3.8) is 0 Å². The molecule has 1 aromatic carbocycles. The smallest absolute Gasteiger partial charge is 0.229 e. The summed E-state index contributed by atoms with van der Waals surface area (Å²) in [5, 5.41) is 18.7. The van der Waals surface area contributed by atoms with E-state index in [1.165, 1.54) is 30.7 Å². The summed E-state index contributed by atoms with van der Waals surface area (Å²) in [6.07, 6.45) is 2.96. The number of aromatic hydroxyl groups is 2. The van der Waals surface area contributed by atoms with Crippen LogP contribution in [-0.4, -0.2) is 36.4 Å². The van der Waals surface area contributed by atoms with Crippen LogP contribution in [0.15, 0.2) is 29.5 Å². The number of hydrogen-bond donors (Lipinski definition) is 4. The van der Waals surface area contributed by atoms with Crippen LogP contribution in [0.5, 0.6) is 11.5 Å². The van der Waals surface area contributed by atoms with Gasteiger partial charge in [0, 0.05) is 17.8 Å². The monoisotopic (exact) mass is 287 g/mol. The van der Waals surface area contributed by atoms with Gasteiger partial charge in [0.15, 0.2) is 10.3 Å². The van der Waals surface area contributed by atoms with E-state index in [1.807, 2.05) is 0 Å². The van der Waals surface area contributed by atoms with Crippen LogP contribution in [0.1, 0.15) is 5.56 Å². The molecule has 0 atom stereocenters. The highest BCUT2D eigenvalue weighted by Gasteiger charge is 2.02. The third-order valence-corrected chi connectivity index (χ3v) is 2.85. The molecule has 0 aliphatic heterocycles. The Balaban J connectivity index is 1.99. The van der Waals surface area contributed by atoms with E-state index in [-0.39, 0.29) is 17.4 Å². The van der Waals surface area contributed by atoms with Gasteiger partial charge in [-0.3, -0.25) is 0 Å². The Labute approximate surface area is 117 Å². The van der Waals surface area contributed by atoms with Crippen molar-refractivity contribution in [2.24, 2.45) is 4.99 Å². The minimum Gasteiger partial charge on any atom is -0.508 e. The van der Waals surface area contributed by atoms with Crippen LogP contribution in [-0.2, 0) is 0 Å². The third kappa shape index (κ3) is 2.36. The van der Waals surface area contributed by atoms with Crippen LogP contribution >= 0.6 is 12.2 Å². The van der Waals surface area contributed by atoms with Gasteiger partial charge in [0.05, 0.1) is 6.33 Å². The highest BCUT2D eigenvalue weighted by atomic mass is 32.1. The largest absolute Gasteiger partial charge is 0.508 e. The minimum atomic E-state index is -0.0462. The summed E-state index contributed by atoms with van der Waals surface area (Å²) in [5.74, 6) is 0.197. The van der Waals surface area contributed by atoms with E-state index in [2.05, 4.69) is 24.9 Å². The van der Waals surface area contributed by atoms with Gasteiger partial charge < -0.3 is 20.2 Å². The van der Waals surface area contributed by atoms with Crippen molar-refractivity contribution in [1.29, 1.82) is 0 Å².